The molecular weight excluding hydrogens is 256 g/mol. The Morgan fingerprint density at radius 2 is 2.00 bits per heavy atom. The molecule has 1 fully saturated rings. The fourth-order valence-electron chi connectivity index (χ4n) is 2.17. The lowest BCUT2D eigenvalue weighted by Gasteiger charge is -2.24. The summed E-state index contributed by atoms with van der Waals surface area (Å²) in [6.45, 7) is 2.25. The normalized spacial score (nSPS) is 26.5. The molecule has 0 spiro atoms. The van der Waals surface area contributed by atoms with Gasteiger partial charge in [0.05, 0.1) is 0 Å². The van der Waals surface area contributed by atoms with E-state index in [0.717, 1.165) is 31.6 Å². The first-order valence-electron chi connectivity index (χ1n) is 5.46. The number of halogens is 1. The Kier molecular flexibility index (Phi) is 3.29. The Balaban J connectivity index is 2.02. The predicted octanol–water partition coefficient (Wildman–Crippen LogP) is 4.05. The summed E-state index contributed by atoms with van der Waals surface area (Å²) < 4.78 is 5.93. The summed E-state index contributed by atoms with van der Waals surface area (Å²) in [5, 5.41) is 0. The molecule has 1 aliphatic rings. The van der Waals surface area contributed by atoms with Crippen LogP contribution in [0.4, 0.5) is 0 Å². The summed E-state index contributed by atoms with van der Waals surface area (Å²) in [6, 6.07) is 3.53. The molecule has 0 bridgehead atoms. The minimum Gasteiger partial charge on any atom is -0.446 e. The van der Waals surface area contributed by atoms with Gasteiger partial charge in [-0.3, -0.25) is 4.79 Å². The molecule has 2 nitrogen and oxygen atoms in total. The van der Waals surface area contributed by atoms with E-state index in [1.807, 2.05) is 0 Å². The van der Waals surface area contributed by atoms with Gasteiger partial charge in [-0.1, -0.05) is 19.8 Å². The van der Waals surface area contributed by atoms with E-state index in [-0.39, 0.29) is 11.7 Å². The largest absolute Gasteiger partial charge is 0.446 e. The van der Waals surface area contributed by atoms with Gasteiger partial charge in [0, 0.05) is 5.92 Å². The molecule has 1 heterocycles. The molecule has 1 aromatic heterocycles. The van der Waals surface area contributed by atoms with E-state index >= 15 is 0 Å². The number of hydrogen-bond donors (Lipinski definition) is 0. The molecule has 0 atom stereocenters. The molecule has 0 amide bonds. The lowest BCUT2D eigenvalue weighted by atomic mass is 9.80. The average molecular weight is 271 g/mol. The number of hydrogen-bond acceptors (Lipinski definition) is 2. The minimum atomic E-state index is 0.174. The van der Waals surface area contributed by atoms with Gasteiger partial charge in [-0.05, 0) is 46.8 Å². The van der Waals surface area contributed by atoms with Gasteiger partial charge in [-0.25, -0.2) is 0 Å². The third kappa shape index (κ3) is 2.51. The zero-order chi connectivity index (χ0) is 10.8. The Morgan fingerprint density at radius 3 is 2.53 bits per heavy atom. The monoisotopic (exact) mass is 270 g/mol. The van der Waals surface area contributed by atoms with Crippen molar-refractivity contribution in [2.75, 3.05) is 0 Å². The molecule has 1 aliphatic carbocycles. The molecule has 0 saturated heterocycles. The first-order valence-corrected chi connectivity index (χ1v) is 6.25. The van der Waals surface area contributed by atoms with Crippen LogP contribution in [0.2, 0.25) is 0 Å². The molecule has 2 rings (SSSR count). The van der Waals surface area contributed by atoms with Crippen molar-refractivity contribution in [2.45, 2.75) is 32.6 Å². The highest BCUT2D eigenvalue weighted by Gasteiger charge is 2.26. The molecule has 82 valence electrons. The summed E-state index contributed by atoms with van der Waals surface area (Å²) >= 11 is 3.22. The second-order valence-electron chi connectivity index (χ2n) is 4.42. The summed E-state index contributed by atoms with van der Waals surface area (Å²) in [5.74, 6) is 1.63. The Hall–Kier alpha value is -0.570. The molecule has 0 radical (unpaired) electrons. The van der Waals surface area contributed by atoms with Crippen LogP contribution in [0.3, 0.4) is 0 Å². The molecule has 0 aromatic carbocycles. The Bertz CT molecular complexity index is 348. The highest BCUT2D eigenvalue weighted by molar-refractivity contribution is 9.10. The van der Waals surface area contributed by atoms with E-state index in [9.17, 15) is 4.79 Å². The molecule has 0 unspecified atom stereocenters. The van der Waals surface area contributed by atoms with Crippen LogP contribution in [0.25, 0.3) is 0 Å². The zero-order valence-electron chi connectivity index (χ0n) is 8.83. The number of ketones is 1. The number of carbonyl (C=O) groups excluding carboxylic acids is 1. The maximum atomic E-state index is 12.0. The summed E-state index contributed by atoms with van der Waals surface area (Å²) in [4.78, 5) is 12.0. The molecule has 1 aromatic rings. The summed E-state index contributed by atoms with van der Waals surface area (Å²) in [5.41, 5.74) is 0. The third-order valence-electron chi connectivity index (χ3n) is 3.20. The molecule has 0 aliphatic heterocycles. The zero-order valence-corrected chi connectivity index (χ0v) is 10.4. The van der Waals surface area contributed by atoms with Gasteiger partial charge < -0.3 is 4.42 Å². The first kappa shape index (κ1) is 10.9. The molecule has 0 N–H and O–H groups in total. The van der Waals surface area contributed by atoms with Crippen LogP contribution in [0.5, 0.6) is 0 Å². The lowest BCUT2D eigenvalue weighted by Crippen LogP contribution is -2.20. The molecule has 15 heavy (non-hydrogen) atoms. The van der Waals surface area contributed by atoms with Gasteiger partial charge in [0.1, 0.15) is 0 Å². The van der Waals surface area contributed by atoms with Crippen molar-refractivity contribution in [1.29, 1.82) is 0 Å². The van der Waals surface area contributed by atoms with Crippen molar-refractivity contribution < 1.29 is 9.21 Å². The number of carbonyl (C=O) groups is 1. The van der Waals surface area contributed by atoms with Gasteiger partial charge >= 0.3 is 0 Å². The highest BCUT2D eigenvalue weighted by atomic mass is 79.9. The Morgan fingerprint density at radius 1 is 1.33 bits per heavy atom. The molecule has 3 heteroatoms. The quantitative estimate of drug-likeness (QED) is 0.759. The number of rotatable bonds is 2. The standard InChI is InChI=1S/C12H15BrO2/c1-8-2-4-9(5-3-8)12(14)10-6-7-11(13)15-10/h6-9H,2-5H2,1H3. The van der Waals surface area contributed by atoms with Gasteiger partial charge in [0.15, 0.2) is 10.4 Å². The highest BCUT2D eigenvalue weighted by Crippen LogP contribution is 2.31. The SMILES string of the molecule is CC1CCC(C(=O)c2ccc(Br)o2)CC1. The minimum absolute atomic E-state index is 0.174. The van der Waals surface area contributed by atoms with E-state index in [1.54, 1.807) is 12.1 Å². The summed E-state index contributed by atoms with van der Waals surface area (Å²) in [7, 11) is 0. The second kappa shape index (κ2) is 4.52. The maximum Gasteiger partial charge on any atom is 0.201 e. The van der Waals surface area contributed by atoms with Crippen molar-refractivity contribution in [1.82, 2.24) is 0 Å². The topological polar surface area (TPSA) is 30.2 Å². The Labute approximate surface area is 98.2 Å². The fraction of sp³-hybridized carbons (Fsp3) is 0.583. The molecular formula is C12H15BrO2. The van der Waals surface area contributed by atoms with Crippen molar-refractivity contribution in [3.8, 4) is 0 Å². The van der Waals surface area contributed by atoms with Crippen molar-refractivity contribution in [2.24, 2.45) is 11.8 Å². The van der Waals surface area contributed by atoms with E-state index in [2.05, 4.69) is 22.9 Å². The van der Waals surface area contributed by atoms with Crippen LogP contribution in [-0.2, 0) is 0 Å². The van der Waals surface area contributed by atoms with Crippen LogP contribution >= 0.6 is 15.9 Å². The van der Waals surface area contributed by atoms with Gasteiger partial charge in [-0.2, -0.15) is 0 Å². The van der Waals surface area contributed by atoms with Crippen LogP contribution in [0.1, 0.15) is 43.2 Å². The second-order valence-corrected chi connectivity index (χ2v) is 5.21. The fourth-order valence-corrected chi connectivity index (χ4v) is 2.48. The summed E-state index contributed by atoms with van der Waals surface area (Å²) in [6.07, 6.45) is 4.35. The van der Waals surface area contributed by atoms with Gasteiger partial charge in [0.25, 0.3) is 0 Å². The van der Waals surface area contributed by atoms with Crippen molar-refractivity contribution in [3.63, 3.8) is 0 Å². The van der Waals surface area contributed by atoms with E-state index in [0.29, 0.717) is 10.4 Å². The van der Waals surface area contributed by atoms with E-state index in [1.165, 1.54) is 0 Å². The van der Waals surface area contributed by atoms with Crippen molar-refractivity contribution in [3.05, 3.63) is 22.6 Å². The van der Waals surface area contributed by atoms with Crippen LogP contribution in [-0.4, -0.2) is 5.78 Å². The lowest BCUT2D eigenvalue weighted by molar-refractivity contribution is 0.0845. The van der Waals surface area contributed by atoms with E-state index < -0.39 is 0 Å². The van der Waals surface area contributed by atoms with E-state index in [4.69, 9.17) is 4.42 Å². The van der Waals surface area contributed by atoms with Gasteiger partial charge in [-0.15, -0.1) is 0 Å². The number of furan rings is 1. The maximum absolute atomic E-state index is 12.0. The number of Topliss-reactive ketones (excluding diaryl/α,β-unsaturated/α-hetero) is 1. The average Bonchev–Trinajstić information content (AvgIpc) is 2.65. The third-order valence-corrected chi connectivity index (χ3v) is 3.63. The van der Waals surface area contributed by atoms with Crippen molar-refractivity contribution >= 4 is 21.7 Å². The van der Waals surface area contributed by atoms with Crippen LogP contribution in [0.15, 0.2) is 21.2 Å². The van der Waals surface area contributed by atoms with Crippen LogP contribution in [0, 0.1) is 11.8 Å². The van der Waals surface area contributed by atoms with Gasteiger partial charge in [0.2, 0.25) is 5.78 Å². The predicted molar refractivity (Wildman–Crippen MR) is 61.9 cm³/mol. The van der Waals surface area contributed by atoms with Crippen LogP contribution < -0.4 is 0 Å². The first-order chi connectivity index (χ1) is 7.16. The molecule has 1 saturated carbocycles. The smallest absolute Gasteiger partial charge is 0.201 e.